The average Bonchev–Trinajstić information content (AvgIpc) is 3.65. The number of oxazole rings is 1. The first kappa shape index (κ1) is 28.0. The van der Waals surface area contributed by atoms with E-state index in [2.05, 4.69) is 15.2 Å². The van der Waals surface area contributed by atoms with Gasteiger partial charge in [-0.2, -0.15) is 13.2 Å². The number of nitrogens with zero attached hydrogens (tertiary/aromatic N) is 2. The Bertz CT molecular complexity index is 1320. The van der Waals surface area contributed by atoms with Gasteiger partial charge in [-0.25, -0.2) is 9.37 Å². The molecule has 3 aromatic rings. The first-order valence-corrected chi connectivity index (χ1v) is 13.5. The number of rotatable bonds is 8. The second-order valence-corrected chi connectivity index (χ2v) is 10.8. The molecule has 1 aromatic heterocycles. The van der Waals surface area contributed by atoms with Gasteiger partial charge in [0.15, 0.2) is 5.78 Å². The molecule has 1 aliphatic heterocycles. The summed E-state index contributed by atoms with van der Waals surface area (Å²) in [4.78, 5) is 31.2. The minimum atomic E-state index is -4.55. The predicted molar refractivity (Wildman–Crippen MR) is 140 cm³/mol. The normalized spacial score (nSPS) is 23.7. The summed E-state index contributed by atoms with van der Waals surface area (Å²) in [5.74, 6) is -0.232. The largest absolute Gasteiger partial charge is 0.445 e. The maximum absolute atomic E-state index is 15.8. The first-order valence-electron chi connectivity index (χ1n) is 13.5. The number of nitrogens with one attached hydrogen (secondary N) is 1. The third-order valence-corrected chi connectivity index (χ3v) is 8.08. The van der Waals surface area contributed by atoms with Gasteiger partial charge in [0.25, 0.3) is 5.91 Å². The Labute approximate surface area is 229 Å². The maximum atomic E-state index is 15.8. The van der Waals surface area contributed by atoms with E-state index < -0.39 is 23.3 Å². The zero-order valence-electron chi connectivity index (χ0n) is 21.9. The van der Waals surface area contributed by atoms with Gasteiger partial charge in [0, 0.05) is 30.1 Å². The van der Waals surface area contributed by atoms with Gasteiger partial charge in [0.1, 0.15) is 11.9 Å². The Morgan fingerprint density at radius 2 is 1.82 bits per heavy atom. The van der Waals surface area contributed by atoms with E-state index in [0.29, 0.717) is 24.3 Å². The highest BCUT2D eigenvalue weighted by Gasteiger charge is 2.40. The number of ketones is 1. The van der Waals surface area contributed by atoms with Gasteiger partial charge in [0.05, 0.1) is 18.3 Å². The fourth-order valence-electron chi connectivity index (χ4n) is 5.86. The van der Waals surface area contributed by atoms with Crippen molar-refractivity contribution < 1.29 is 31.6 Å². The third kappa shape index (κ3) is 6.43. The number of carbonyl (C=O) groups excluding carboxylic acids is 2. The quantitative estimate of drug-likeness (QED) is 0.335. The molecule has 2 aromatic carbocycles. The predicted octanol–water partition coefficient (Wildman–Crippen LogP) is 6.18. The highest BCUT2D eigenvalue weighted by Crippen LogP contribution is 2.43. The molecule has 0 radical (unpaired) electrons. The van der Waals surface area contributed by atoms with Gasteiger partial charge in [-0.15, -0.1) is 0 Å². The Kier molecular flexibility index (Phi) is 8.07. The zero-order valence-corrected chi connectivity index (χ0v) is 21.9. The number of hydrogen-bond donors (Lipinski definition) is 1. The summed E-state index contributed by atoms with van der Waals surface area (Å²) in [6, 6.07) is 11.7. The SMILES string of the molecule is O=C(CNC(=O)c1cccc(C(F)(F)F)c1)CC1CCN(C2CCC(F)(c3ccc(-c4ncco4)cc3)CC2)C1. The van der Waals surface area contributed by atoms with E-state index in [9.17, 15) is 22.8 Å². The molecule has 0 bridgehead atoms. The van der Waals surface area contributed by atoms with E-state index >= 15 is 4.39 Å². The van der Waals surface area contributed by atoms with Gasteiger partial charge in [-0.05, 0) is 80.5 Å². The molecular formula is C30H31F4N3O3. The number of Topliss-reactive ketones (excluding diaryl/α,β-unsaturated/α-hetero) is 1. The molecule has 1 saturated carbocycles. The van der Waals surface area contributed by atoms with Crippen LogP contribution in [0.1, 0.15) is 60.0 Å². The number of hydrogen-bond acceptors (Lipinski definition) is 5. The zero-order chi connectivity index (χ0) is 28.3. The lowest BCUT2D eigenvalue weighted by Crippen LogP contribution is -2.40. The van der Waals surface area contributed by atoms with Crippen molar-refractivity contribution in [1.82, 2.24) is 15.2 Å². The van der Waals surface area contributed by atoms with Crippen molar-refractivity contribution >= 4 is 11.7 Å². The fourth-order valence-corrected chi connectivity index (χ4v) is 5.86. The van der Waals surface area contributed by atoms with Crippen LogP contribution >= 0.6 is 0 Å². The van der Waals surface area contributed by atoms with Crippen molar-refractivity contribution in [3.63, 3.8) is 0 Å². The van der Waals surface area contributed by atoms with Crippen LogP contribution in [0, 0.1) is 5.92 Å². The summed E-state index contributed by atoms with van der Waals surface area (Å²) >= 11 is 0. The van der Waals surface area contributed by atoms with Crippen LogP contribution in [-0.2, 0) is 16.6 Å². The summed E-state index contributed by atoms with van der Waals surface area (Å²) in [6.07, 6.45) is 1.97. The van der Waals surface area contributed by atoms with Gasteiger partial charge in [-0.3, -0.25) is 9.59 Å². The van der Waals surface area contributed by atoms with Crippen LogP contribution in [0.25, 0.3) is 11.5 Å². The van der Waals surface area contributed by atoms with Crippen molar-refractivity contribution in [2.24, 2.45) is 5.92 Å². The molecule has 1 atom stereocenters. The third-order valence-electron chi connectivity index (χ3n) is 8.08. The van der Waals surface area contributed by atoms with Gasteiger partial charge in [0.2, 0.25) is 5.89 Å². The smallest absolute Gasteiger partial charge is 0.416 e. The van der Waals surface area contributed by atoms with E-state index in [1.54, 1.807) is 6.20 Å². The number of likely N-dealkylation sites (tertiary alicyclic amines) is 1. The number of amides is 1. The monoisotopic (exact) mass is 557 g/mol. The van der Waals surface area contributed by atoms with Crippen molar-refractivity contribution in [2.45, 2.75) is 56.4 Å². The number of aromatic nitrogens is 1. The van der Waals surface area contributed by atoms with Crippen LogP contribution in [0.4, 0.5) is 17.6 Å². The van der Waals surface area contributed by atoms with Crippen LogP contribution in [0.2, 0.25) is 0 Å². The molecule has 1 amide bonds. The molecular weight excluding hydrogens is 526 g/mol. The van der Waals surface area contributed by atoms with Gasteiger partial charge in [-0.1, -0.05) is 18.2 Å². The standard InChI is InChI=1S/C30H31F4N3O3/c31-29(23-6-4-21(5-7-23)28-35-13-15-40-28)11-8-25(9-12-29)37-14-10-20(19-37)16-26(38)18-36-27(39)22-2-1-3-24(17-22)30(32,33)34/h1-7,13,15,17,20,25H,8-12,14,16,18-19H2,(H,36,39). The highest BCUT2D eigenvalue weighted by atomic mass is 19.4. The summed E-state index contributed by atoms with van der Waals surface area (Å²) in [6.45, 7) is 1.35. The Morgan fingerprint density at radius 1 is 1.07 bits per heavy atom. The second kappa shape index (κ2) is 11.5. The van der Waals surface area contributed by atoms with E-state index in [1.807, 2.05) is 24.3 Å². The minimum absolute atomic E-state index is 0.137. The van der Waals surface area contributed by atoms with Crippen LogP contribution in [0.5, 0.6) is 0 Å². The van der Waals surface area contributed by atoms with E-state index in [-0.39, 0.29) is 36.3 Å². The Balaban J connectivity index is 1.06. The van der Waals surface area contributed by atoms with Crippen molar-refractivity contribution in [2.75, 3.05) is 19.6 Å². The van der Waals surface area contributed by atoms with Crippen LogP contribution in [0.15, 0.2) is 65.4 Å². The molecule has 2 heterocycles. The molecule has 1 N–H and O–H groups in total. The topological polar surface area (TPSA) is 75.4 Å². The van der Waals surface area contributed by atoms with E-state index in [0.717, 1.165) is 50.0 Å². The van der Waals surface area contributed by atoms with Crippen LogP contribution < -0.4 is 5.32 Å². The fraction of sp³-hybridized carbons (Fsp3) is 0.433. The van der Waals surface area contributed by atoms with E-state index in [1.165, 1.54) is 18.4 Å². The molecule has 2 fully saturated rings. The summed E-state index contributed by atoms with van der Waals surface area (Å²) in [5.41, 5.74) is -0.956. The Morgan fingerprint density at radius 3 is 2.50 bits per heavy atom. The van der Waals surface area contributed by atoms with Crippen LogP contribution in [0.3, 0.4) is 0 Å². The van der Waals surface area contributed by atoms with Gasteiger partial charge < -0.3 is 14.6 Å². The Hall–Kier alpha value is -3.53. The number of carbonyl (C=O) groups is 2. The van der Waals surface area contributed by atoms with E-state index in [4.69, 9.17) is 4.42 Å². The maximum Gasteiger partial charge on any atom is 0.416 e. The molecule has 1 aliphatic carbocycles. The first-order chi connectivity index (χ1) is 19.1. The lowest BCUT2D eigenvalue weighted by atomic mass is 9.78. The lowest BCUT2D eigenvalue weighted by Gasteiger charge is -2.38. The average molecular weight is 558 g/mol. The minimum Gasteiger partial charge on any atom is -0.445 e. The second-order valence-electron chi connectivity index (χ2n) is 10.8. The molecule has 1 unspecified atom stereocenters. The van der Waals surface area contributed by atoms with Gasteiger partial charge >= 0.3 is 6.18 Å². The molecule has 5 rings (SSSR count). The number of benzene rings is 2. The molecule has 6 nitrogen and oxygen atoms in total. The van der Waals surface area contributed by atoms with Crippen molar-refractivity contribution in [3.05, 3.63) is 77.7 Å². The van der Waals surface area contributed by atoms with Crippen molar-refractivity contribution in [1.29, 1.82) is 0 Å². The van der Waals surface area contributed by atoms with Crippen molar-refractivity contribution in [3.8, 4) is 11.5 Å². The number of alkyl halides is 4. The molecule has 0 spiro atoms. The number of halogens is 4. The molecule has 212 valence electrons. The summed E-state index contributed by atoms with van der Waals surface area (Å²) in [5, 5.41) is 2.44. The molecule has 2 aliphatic rings. The molecule has 1 saturated heterocycles. The summed E-state index contributed by atoms with van der Waals surface area (Å²) in [7, 11) is 0. The lowest BCUT2D eigenvalue weighted by molar-refractivity contribution is -0.137. The molecule has 40 heavy (non-hydrogen) atoms. The van der Waals surface area contributed by atoms with Crippen LogP contribution in [-0.4, -0.2) is 47.3 Å². The summed E-state index contributed by atoms with van der Waals surface area (Å²) < 4.78 is 59.9. The highest BCUT2D eigenvalue weighted by molar-refractivity contribution is 5.96. The molecule has 10 heteroatoms.